The Morgan fingerprint density at radius 3 is 2.45 bits per heavy atom. The first-order valence-corrected chi connectivity index (χ1v) is 7.51. The summed E-state index contributed by atoms with van der Waals surface area (Å²) in [6.45, 7) is 7.60. The van der Waals surface area contributed by atoms with Crippen molar-refractivity contribution >= 4 is 11.8 Å². The van der Waals surface area contributed by atoms with Crippen molar-refractivity contribution in [2.24, 2.45) is 5.92 Å². The van der Waals surface area contributed by atoms with Crippen LogP contribution in [0.3, 0.4) is 0 Å². The zero-order chi connectivity index (χ0) is 16.5. The van der Waals surface area contributed by atoms with Gasteiger partial charge in [0.15, 0.2) is 0 Å². The molecule has 0 saturated carbocycles. The van der Waals surface area contributed by atoms with Gasteiger partial charge in [-0.1, -0.05) is 32.9 Å². The van der Waals surface area contributed by atoms with E-state index in [0.717, 1.165) is 6.54 Å². The topological polar surface area (TPSA) is 70.2 Å². The van der Waals surface area contributed by atoms with Crippen LogP contribution in [-0.4, -0.2) is 37.5 Å². The molecular formula is C16H24FN3O2. The average Bonchev–Trinajstić information content (AvgIpc) is 2.49. The van der Waals surface area contributed by atoms with Crippen molar-refractivity contribution in [3.05, 3.63) is 35.6 Å². The maximum Gasteiger partial charge on any atom is 0.254 e. The van der Waals surface area contributed by atoms with Crippen LogP contribution in [0.4, 0.5) is 4.39 Å². The van der Waals surface area contributed by atoms with Crippen molar-refractivity contribution < 1.29 is 14.0 Å². The molecule has 122 valence electrons. The maximum absolute atomic E-state index is 13.6. The Labute approximate surface area is 130 Å². The normalized spacial score (nSPS) is 12.0. The molecule has 1 rings (SSSR count). The summed E-state index contributed by atoms with van der Waals surface area (Å²) in [5, 5.41) is 8.46. The molecule has 0 aliphatic rings. The van der Waals surface area contributed by atoms with Crippen LogP contribution in [0.15, 0.2) is 24.3 Å². The highest BCUT2D eigenvalue weighted by molar-refractivity contribution is 5.97. The smallest absolute Gasteiger partial charge is 0.254 e. The van der Waals surface area contributed by atoms with E-state index in [1.54, 1.807) is 6.07 Å². The van der Waals surface area contributed by atoms with Gasteiger partial charge in [-0.3, -0.25) is 9.59 Å². The Hall–Kier alpha value is -1.95. The largest absolute Gasteiger partial charge is 0.353 e. The number of amides is 2. The summed E-state index contributed by atoms with van der Waals surface area (Å²) in [7, 11) is 0. The molecule has 0 fully saturated rings. The summed E-state index contributed by atoms with van der Waals surface area (Å²) in [4.78, 5) is 24.3. The highest BCUT2D eigenvalue weighted by Gasteiger charge is 2.25. The van der Waals surface area contributed by atoms with Crippen molar-refractivity contribution in [1.82, 2.24) is 16.0 Å². The molecule has 22 heavy (non-hydrogen) atoms. The molecule has 3 N–H and O–H groups in total. The van der Waals surface area contributed by atoms with Crippen molar-refractivity contribution in [2.75, 3.05) is 19.6 Å². The van der Waals surface area contributed by atoms with E-state index >= 15 is 0 Å². The second-order valence-electron chi connectivity index (χ2n) is 5.32. The third kappa shape index (κ3) is 5.44. The van der Waals surface area contributed by atoms with E-state index < -0.39 is 17.8 Å². The predicted molar refractivity (Wildman–Crippen MR) is 84.0 cm³/mol. The molecule has 0 saturated heterocycles. The molecule has 0 aliphatic carbocycles. The van der Waals surface area contributed by atoms with E-state index in [-0.39, 0.29) is 17.4 Å². The zero-order valence-electron chi connectivity index (χ0n) is 13.3. The van der Waals surface area contributed by atoms with Gasteiger partial charge in [0.25, 0.3) is 5.91 Å². The fourth-order valence-electron chi connectivity index (χ4n) is 1.96. The Morgan fingerprint density at radius 2 is 1.86 bits per heavy atom. The number of halogens is 1. The number of hydrogen-bond acceptors (Lipinski definition) is 3. The molecule has 6 heteroatoms. The Bertz CT molecular complexity index is 506. The first-order valence-electron chi connectivity index (χ1n) is 7.51. The van der Waals surface area contributed by atoms with Crippen molar-refractivity contribution in [2.45, 2.75) is 26.8 Å². The quantitative estimate of drug-likeness (QED) is 0.634. The molecule has 0 aliphatic heterocycles. The van der Waals surface area contributed by atoms with E-state index in [4.69, 9.17) is 0 Å². The summed E-state index contributed by atoms with van der Waals surface area (Å²) in [6, 6.07) is 5.01. The zero-order valence-corrected chi connectivity index (χ0v) is 13.3. The molecule has 5 nitrogen and oxygen atoms in total. The second-order valence-corrected chi connectivity index (χ2v) is 5.32. The maximum atomic E-state index is 13.6. The molecule has 1 aromatic carbocycles. The van der Waals surface area contributed by atoms with E-state index in [9.17, 15) is 14.0 Å². The minimum atomic E-state index is -0.700. The summed E-state index contributed by atoms with van der Waals surface area (Å²) in [6.07, 6.45) is 0. The van der Waals surface area contributed by atoms with Crippen molar-refractivity contribution in [3.63, 3.8) is 0 Å². The van der Waals surface area contributed by atoms with Crippen molar-refractivity contribution in [1.29, 1.82) is 0 Å². The van der Waals surface area contributed by atoms with Crippen LogP contribution >= 0.6 is 0 Å². The van der Waals surface area contributed by atoms with Gasteiger partial charge in [-0.05, 0) is 24.6 Å². The highest BCUT2D eigenvalue weighted by atomic mass is 19.1. The number of likely N-dealkylation sites (N-methyl/N-ethyl adjacent to an activating group) is 1. The molecule has 1 atom stereocenters. The lowest BCUT2D eigenvalue weighted by Crippen LogP contribution is -2.50. The lowest BCUT2D eigenvalue weighted by atomic mass is 10.0. The SMILES string of the molecule is CCNCCNC(=O)C(NC(=O)c1ccccc1F)C(C)C. The molecule has 0 spiro atoms. The number of carbonyl (C=O) groups is 2. The second kappa shape index (κ2) is 9.15. The van der Waals surface area contributed by atoms with Crippen LogP contribution in [0.2, 0.25) is 0 Å². The van der Waals surface area contributed by atoms with Crippen LogP contribution in [-0.2, 0) is 4.79 Å². The monoisotopic (exact) mass is 309 g/mol. The molecule has 0 radical (unpaired) electrons. The standard InChI is InChI=1S/C16H24FN3O2/c1-4-18-9-10-19-16(22)14(11(2)3)20-15(21)12-7-5-6-8-13(12)17/h5-8,11,14,18H,4,9-10H2,1-3H3,(H,19,22)(H,20,21). The summed E-state index contributed by atoms with van der Waals surface area (Å²) < 4.78 is 13.6. The van der Waals surface area contributed by atoms with Crippen LogP contribution < -0.4 is 16.0 Å². The van der Waals surface area contributed by atoms with Gasteiger partial charge < -0.3 is 16.0 Å². The number of rotatable bonds is 8. The Kier molecular flexibility index (Phi) is 7.52. The number of hydrogen-bond donors (Lipinski definition) is 3. The van der Waals surface area contributed by atoms with E-state index in [0.29, 0.717) is 13.1 Å². The van der Waals surface area contributed by atoms with E-state index in [1.807, 2.05) is 20.8 Å². The third-order valence-electron chi connectivity index (χ3n) is 3.21. The lowest BCUT2D eigenvalue weighted by Gasteiger charge is -2.22. The molecule has 1 unspecified atom stereocenters. The van der Waals surface area contributed by atoms with Gasteiger partial charge in [0.1, 0.15) is 11.9 Å². The Morgan fingerprint density at radius 1 is 1.18 bits per heavy atom. The summed E-state index contributed by atoms with van der Waals surface area (Å²) >= 11 is 0. The number of benzene rings is 1. The predicted octanol–water partition coefficient (Wildman–Crippen LogP) is 1.31. The average molecular weight is 309 g/mol. The lowest BCUT2D eigenvalue weighted by molar-refractivity contribution is -0.123. The van der Waals surface area contributed by atoms with Crippen LogP contribution in [0, 0.1) is 11.7 Å². The third-order valence-corrected chi connectivity index (χ3v) is 3.21. The van der Waals surface area contributed by atoms with Crippen LogP contribution in [0.5, 0.6) is 0 Å². The highest BCUT2D eigenvalue weighted by Crippen LogP contribution is 2.08. The minimum absolute atomic E-state index is 0.0615. The molecule has 0 heterocycles. The van der Waals surface area contributed by atoms with Gasteiger partial charge in [0.05, 0.1) is 5.56 Å². The molecule has 2 amide bonds. The van der Waals surface area contributed by atoms with Gasteiger partial charge in [-0.25, -0.2) is 4.39 Å². The number of carbonyl (C=O) groups excluding carboxylic acids is 2. The first-order chi connectivity index (χ1) is 10.5. The van der Waals surface area contributed by atoms with Crippen molar-refractivity contribution in [3.8, 4) is 0 Å². The van der Waals surface area contributed by atoms with Gasteiger partial charge in [0.2, 0.25) is 5.91 Å². The van der Waals surface area contributed by atoms with Gasteiger partial charge in [-0.15, -0.1) is 0 Å². The van der Waals surface area contributed by atoms with Gasteiger partial charge in [-0.2, -0.15) is 0 Å². The molecule has 0 bridgehead atoms. The fraction of sp³-hybridized carbons (Fsp3) is 0.500. The van der Waals surface area contributed by atoms with Crippen LogP contribution in [0.1, 0.15) is 31.1 Å². The van der Waals surface area contributed by atoms with Gasteiger partial charge >= 0.3 is 0 Å². The first kappa shape index (κ1) is 18.1. The van der Waals surface area contributed by atoms with Gasteiger partial charge in [0, 0.05) is 13.1 Å². The minimum Gasteiger partial charge on any atom is -0.353 e. The summed E-state index contributed by atoms with van der Waals surface area (Å²) in [5.74, 6) is -1.55. The Balaban J connectivity index is 2.66. The fourth-order valence-corrected chi connectivity index (χ4v) is 1.96. The van der Waals surface area contributed by atoms with Crippen LogP contribution in [0.25, 0.3) is 0 Å². The summed E-state index contributed by atoms with van der Waals surface area (Å²) in [5.41, 5.74) is -0.0615. The molecule has 0 aromatic heterocycles. The molecule has 1 aromatic rings. The number of nitrogens with one attached hydrogen (secondary N) is 3. The van der Waals surface area contributed by atoms with E-state index in [1.165, 1.54) is 18.2 Å². The van der Waals surface area contributed by atoms with E-state index in [2.05, 4.69) is 16.0 Å². The molecular weight excluding hydrogens is 285 g/mol.